The number of benzene rings is 2. The molecule has 1 N–H and O–H groups in total. The third kappa shape index (κ3) is 5.31. The average molecular weight is 450 g/mol. The summed E-state index contributed by atoms with van der Waals surface area (Å²) in [5.41, 5.74) is 3.11. The number of carbonyl (C=O) groups excluding carboxylic acids is 1. The van der Waals surface area contributed by atoms with Crippen molar-refractivity contribution in [1.82, 2.24) is 14.5 Å². The SMILES string of the molecule is COc1cc(C(=O)C=CN2CCCC(O)C(c3ccc(F)cc3)C2)ccc1-n1cnc(C)c1. The van der Waals surface area contributed by atoms with E-state index in [0.29, 0.717) is 24.3 Å². The van der Waals surface area contributed by atoms with Gasteiger partial charge in [-0.3, -0.25) is 4.79 Å². The van der Waals surface area contributed by atoms with Crippen LogP contribution in [0.3, 0.4) is 0 Å². The molecule has 0 saturated carbocycles. The van der Waals surface area contributed by atoms with Crippen LogP contribution in [0.4, 0.5) is 4.39 Å². The third-order valence-electron chi connectivity index (χ3n) is 6.03. The first-order chi connectivity index (χ1) is 15.9. The number of halogens is 1. The second-order valence-electron chi connectivity index (χ2n) is 8.35. The number of allylic oxidation sites excluding steroid dienone is 1. The molecule has 33 heavy (non-hydrogen) atoms. The number of aryl methyl sites for hydroxylation is 1. The van der Waals surface area contributed by atoms with Crippen LogP contribution in [0.5, 0.6) is 5.75 Å². The van der Waals surface area contributed by atoms with Crippen molar-refractivity contribution in [3.05, 3.63) is 89.9 Å². The van der Waals surface area contributed by atoms with Crippen LogP contribution >= 0.6 is 0 Å². The van der Waals surface area contributed by atoms with Crippen molar-refractivity contribution in [1.29, 1.82) is 0 Å². The topological polar surface area (TPSA) is 67.6 Å². The zero-order valence-corrected chi connectivity index (χ0v) is 18.8. The number of ether oxygens (including phenoxy) is 1. The maximum atomic E-state index is 13.3. The molecule has 2 atom stereocenters. The van der Waals surface area contributed by atoms with Gasteiger partial charge in [-0.25, -0.2) is 9.37 Å². The Balaban J connectivity index is 1.49. The van der Waals surface area contributed by atoms with Crippen molar-refractivity contribution in [2.24, 2.45) is 0 Å². The highest BCUT2D eigenvalue weighted by atomic mass is 19.1. The molecule has 0 spiro atoms. The first-order valence-corrected chi connectivity index (χ1v) is 11.0. The average Bonchev–Trinajstić information content (AvgIpc) is 3.17. The van der Waals surface area contributed by atoms with E-state index in [1.165, 1.54) is 12.1 Å². The summed E-state index contributed by atoms with van der Waals surface area (Å²) in [5.74, 6) is 0.00500. The minimum atomic E-state index is -0.506. The lowest BCUT2D eigenvalue weighted by Crippen LogP contribution is -2.27. The number of imidazole rings is 1. The summed E-state index contributed by atoms with van der Waals surface area (Å²) in [4.78, 5) is 19.2. The van der Waals surface area contributed by atoms with Crippen molar-refractivity contribution in [3.63, 3.8) is 0 Å². The number of aromatic nitrogens is 2. The molecule has 172 valence electrons. The molecule has 1 aliphatic heterocycles. The van der Waals surface area contributed by atoms with Gasteiger partial charge in [0.05, 0.1) is 30.9 Å². The summed E-state index contributed by atoms with van der Waals surface area (Å²) in [5, 5.41) is 10.6. The molecule has 0 bridgehead atoms. The van der Waals surface area contributed by atoms with Gasteiger partial charge in [0.2, 0.25) is 0 Å². The van der Waals surface area contributed by atoms with Gasteiger partial charge in [-0.2, -0.15) is 0 Å². The van der Waals surface area contributed by atoms with Crippen LogP contribution in [0.2, 0.25) is 0 Å². The summed E-state index contributed by atoms with van der Waals surface area (Å²) in [6.07, 6.45) is 7.90. The smallest absolute Gasteiger partial charge is 0.187 e. The Labute approximate surface area is 192 Å². The van der Waals surface area contributed by atoms with Crippen molar-refractivity contribution >= 4 is 5.78 Å². The molecule has 3 aromatic rings. The zero-order valence-electron chi connectivity index (χ0n) is 18.8. The highest BCUT2D eigenvalue weighted by Gasteiger charge is 2.26. The Bertz CT molecular complexity index is 1140. The quantitative estimate of drug-likeness (QED) is 0.450. The fourth-order valence-corrected chi connectivity index (χ4v) is 4.21. The van der Waals surface area contributed by atoms with Crippen LogP contribution < -0.4 is 4.74 Å². The van der Waals surface area contributed by atoms with E-state index in [1.54, 1.807) is 50.0 Å². The molecule has 0 aliphatic carbocycles. The van der Waals surface area contributed by atoms with Crippen molar-refractivity contribution in [3.8, 4) is 11.4 Å². The Hall–Kier alpha value is -3.45. The molecule has 1 aromatic heterocycles. The molecule has 1 fully saturated rings. The number of hydrogen-bond acceptors (Lipinski definition) is 5. The number of nitrogens with zero attached hydrogens (tertiary/aromatic N) is 3. The highest BCUT2D eigenvalue weighted by Crippen LogP contribution is 2.28. The van der Waals surface area contributed by atoms with E-state index < -0.39 is 6.10 Å². The number of rotatable bonds is 6. The van der Waals surface area contributed by atoms with Gasteiger partial charge in [-0.1, -0.05) is 12.1 Å². The second kappa shape index (κ2) is 10.0. The third-order valence-corrected chi connectivity index (χ3v) is 6.03. The number of carbonyl (C=O) groups is 1. The zero-order chi connectivity index (χ0) is 23.4. The van der Waals surface area contributed by atoms with Gasteiger partial charge in [0.15, 0.2) is 5.78 Å². The van der Waals surface area contributed by atoms with Crippen molar-refractivity contribution in [2.75, 3.05) is 20.2 Å². The van der Waals surface area contributed by atoms with Crippen LogP contribution in [0.25, 0.3) is 5.69 Å². The van der Waals surface area contributed by atoms with Crippen LogP contribution in [-0.2, 0) is 0 Å². The van der Waals surface area contributed by atoms with Crippen LogP contribution in [-0.4, -0.2) is 51.6 Å². The lowest BCUT2D eigenvalue weighted by Gasteiger charge is -2.25. The molecule has 2 unspecified atom stereocenters. The fraction of sp³-hybridized carbons (Fsp3) is 0.308. The monoisotopic (exact) mass is 449 g/mol. The summed E-state index contributed by atoms with van der Waals surface area (Å²) in [7, 11) is 1.57. The Morgan fingerprint density at radius 2 is 2.03 bits per heavy atom. The Morgan fingerprint density at radius 3 is 2.73 bits per heavy atom. The first kappa shape index (κ1) is 22.7. The second-order valence-corrected chi connectivity index (χ2v) is 8.35. The van der Waals surface area contributed by atoms with E-state index in [2.05, 4.69) is 4.98 Å². The van der Waals surface area contributed by atoms with Gasteiger partial charge in [-0.05, 0) is 55.7 Å². The van der Waals surface area contributed by atoms with Crippen molar-refractivity contribution in [2.45, 2.75) is 31.8 Å². The number of aliphatic hydroxyl groups is 1. The largest absolute Gasteiger partial charge is 0.495 e. The minimum absolute atomic E-state index is 0.134. The Morgan fingerprint density at radius 1 is 1.24 bits per heavy atom. The summed E-state index contributed by atoms with van der Waals surface area (Å²) >= 11 is 0. The lowest BCUT2D eigenvalue weighted by molar-refractivity contribution is 0.104. The normalized spacial score (nSPS) is 19.0. The molecule has 0 amide bonds. The van der Waals surface area contributed by atoms with E-state index in [1.807, 2.05) is 28.7 Å². The number of ketones is 1. The number of aliphatic hydroxyl groups excluding tert-OH is 1. The van der Waals surface area contributed by atoms with Gasteiger partial charge in [0.1, 0.15) is 11.6 Å². The van der Waals surface area contributed by atoms with E-state index in [9.17, 15) is 14.3 Å². The van der Waals surface area contributed by atoms with E-state index in [4.69, 9.17) is 4.74 Å². The van der Waals surface area contributed by atoms with E-state index >= 15 is 0 Å². The standard InChI is InChI=1S/C26H28FN3O3/c1-18-15-30(17-28-18)23-10-7-20(14-26(23)33-2)24(31)11-13-29-12-3-4-25(32)22(16-29)19-5-8-21(27)9-6-19/h5-11,13-15,17,22,25,32H,3-4,12,16H2,1-2H3. The van der Waals surface area contributed by atoms with Crippen molar-refractivity contribution < 1.29 is 19.0 Å². The fourth-order valence-electron chi connectivity index (χ4n) is 4.21. The van der Waals surface area contributed by atoms with Gasteiger partial charge < -0.3 is 19.3 Å². The summed E-state index contributed by atoms with van der Waals surface area (Å²) < 4.78 is 20.7. The van der Waals surface area contributed by atoms with Crippen LogP contribution in [0, 0.1) is 12.7 Å². The molecule has 6 nitrogen and oxygen atoms in total. The van der Waals surface area contributed by atoms with Gasteiger partial charge in [-0.15, -0.1) is 0 Å². The molecule has 2 heterocycles. The minimum Gasteiger partial charge on any atom is -0.495 e. The highest BCUT2D eigenvalue weighted by molar-refractivity contribution is 6.04. The summed E-state index contributed by atoms with van der Waals surface area (Å²) in [6.45, 7) is 3.20. The number of hydrogen-bond donors (Lipinski definition) is 1. The Kier molecular flexibility index (Phi) is 6.89. The van der Waals surface area contributed by atoms with Crippen LogP contribution in [0.15, 0.2) is 67.3 Å². The van der Waals surface area contributed by atoms with Crippen LogP contribution in [0.1, 0.15) is 40.4 Å². The van der Waals surface area contributed by atoms with Gasteiger partial charge in [0.25, 0.3) is 0 Å². The van der Waals surface area contributed by atoms with E-state index in [-0.39, 0.29) is 17.5 Å². The molecule has 0 radical (unpaired) electrons. The predicted molar refractivity (Wildman–Crippen MR) is 124 cm³/mol. The maximum Gasteiger partial charge on any atom is 0.187 e. The van der Waals surface area contributed by atoms with Gasteiger partial charge >= 0.3 is 0 Å². The summed E-state index contributed by atoms with van der Waals surface area (Å²) in [6, 6.07) is 11.6. The molecular weight excluding hydrogens is 421 g/mol. The number of methoxy groups -OCH3 is 1. The maximum absolute atomic E-state index is 13.3. The number of likely N-dealkylation sites (tertiary alicyclic amines) is 1. The molecule has 4 rings (SSSR count). The lowest BCUT2D eigenvalue weighted by atomic mass is 9.91. The molecule has 1 saturated heterocycles. The molecule has 7 heteroatoms. The molecular formula is C26H28FN3O3. The van der Waals surface area contributed by atoms with Gasteiger partial charge in [0, 0.05) is 43.0 Å². The molecule has 1 aliphatic rings. The molecule has 2 aromatic carbocycles. The van der Waals surface area contributed by atoms with E-state index in [0.717, 1.165) is 29.9 Å². The first-order valence-electron chi connectivity index (χ1n) is 11.0. The predicted octanol–water partition coefficient (Wildman–Crippen LogP) is 4.27.